The Labute approximate surface area is 478 Å². The highest BCUT2D eigenvalue weighted by Crippen LogP contribution is 2.19. The van der Waals surface area contributed by atoms with Gasteiger partial charge < -0.3 is 86.5 Å². The summed E-state index contributed by atoms with van der Waals surface area (Å²) < 4.78 is 29.5. The number of carbonyl (C=O) groups excluding carboxylic acids is 9. The first-order chi connectivity index (χ1) is 38.8. The number of amides is 9. The number of aliphatic imine (C=N–C) groups is 2. The van der Waals surface area contributed by atoms with E-state index >= 15 is 0 Å². The lowest BCUT2D eigenvalue weighted by Gasteiger charge is -2.28. The highest BCUT2D eigenvalue weighted by Gasteiger charge is 2.36. The zero-order valence-corrected chi connectivity index (χ0v) is 47.5. The Bertz CT molecular complexity index is 2810. The summed E-state index contributed by atoms with van der Waals surface area (Å²) >= 11 is 0. The number of aliphatic carboxylic acids is 2. The summed E-state index contributed by atoms with van der Waals surface area (Å²) in [5.41, 5.74) is 26.9. The number of aliphatic hydroxyl groups excluding tert-OH is 1. The van der Waals surface area contributed by atoms with Gasteiger partial charge in [0.2, 0.25) is 63.2 Å². The maximum absolute atomic E-state index is 14.2. The first kappa shape index (κ1) is 70.4. The number of fused-ring (bicyclic) bond motifs is 1. The fraction of sp³-hybridized carbons (Fsp3) is 0.540. The van der Waals surface area contributed by atoms with Gasteiger partial charge in [0.25, 0.3) is 0 Å². The van der Waals surface area contributed by atoms with Gasteiger partial charge in [0.1, 0.15) is 48.3 Å². The van der Waals surface area contributed by atoms with Crippen LogP contribution in [0, 0.1) is 11.8 Å². The van der Waals surface area contributed by atoms with Crippen molar-refractivity contribution in [3.8, 4) is 0 Å². The average Bonchev–Trinajstić information content (AvgIpc) is 3.53. The molecule has 22 N–H and O–H groups in total. The maximum Gasteiger partial charge on any atom is 0.305 e. The van der Waals surface area contributed by atoms with E-state index in [4.69, 9.17) is 28.7 Å². The highest BCUT2D eigenvalue weighted by atomic mass is 32.2. The Kier molecular flexibility index (Phi) is 29.3. The van der Waals surface area contributed by atoms with Gasteiger partial charge in [-0.05, 0) is 73.3 Å². The first-order valence-electron chi connectivity index (χ1n) is 26.2. The van der Waals surface area contributed by atoms with E-state index in [0.717, 1.165) is 6.92 Å². The number of primary amides is 1. The Morgan fingerprint density at radius 2 is 0.892 bits per heavy atom. The molecule has 1 unspecified atom stereocenters. The molecule has 0 bridgehead atoms. The number of rotatable bonds is 37. The molecule has 0 aliphatic heterocycles. The third kappa shape index (κ3) is 26.2. The van der Waals surface area contributed by atoms with Crippen molar-refractivity contribution < 1.29 is 76.5 Å². The Morgan fingerprint density at radius 3 is 1.33 bits per heavy atom. The van der Waals surface area contributed by atoms with E-state index in [9.17, 15) is 76.5 Å². The van der Waals surface area contributed by atoms with Gasteiger partial charge in [0.05, 0.1) is 24.3 Å². The predicted octanol–water partition coefficient (Wildman–Crippen LogP) is -5.36. The van der Waals surface area contributed by atoms with Crippen molar-refractivity contribution in [2.75, 3.05) is 26.2 Å². The van der Waals surface area contributed by atoms with Gasteiger partial charge in [-0.1, -0.05) is 58.0 Å². The molecular formula is C50H78N16O16S. The number of sulfonamides is 1. The summed E-state index contributed by atoms with van der Waals surface area (Å²) in [5.74, 6) is -14.4. The molecule has 0 saturated heterocycles. The van der Waals surface area contributed by atoms with Gasteiger partial charge in [0, 0.05) is 26.6 Å². The number of carbonyl (C=O) groups is 11. The van der Waals surface area contributed by atoms with Crippen LogP contribution in [0.25, 0.3) is 10.8 Å². The molecular weight excluding hydrogens is 1110 g/mol. The van der Waals surface area contributed by atoms with Crippen molar-refractivity contribution in [1.29, 1.82) is 0 Å². The van der Waals surface area contributed by atoms with Gasteiger partial charge >= 0.3 is 11.9 Å². The number of hydrogen-bond acceptors (Lipinski definition) is 16. The second kappa shape index (κ2) is 34.5. The van der Waals surface area contributed by atoms with Gasteiger partial charge in [-0.25, -0.2) is 13.1 Å². The second-order valence-corrected chi connectivity index (χ2v) is 21.7. The summed E-state index contributed by atoms with van der Waals surface area (Å²) in [6.07, 6.45) is -2.41. The van der Waals surface area contributed by atoms with Gasteiger partial charge in [-0.15, -0.1) is 0 Å². The van der Waals surface area contributed by atoms with Crippen LogP contribution in [-0.2, 0) is 62.8 Å². The van der Waals surface area contributed by atoms with Crippen molar-refractivity contribution in [2.45, 2.75) is 139 Å². The van der Waals surface area contributed by atoms with E-state index in [-0.39, 0.29) is 74.3 Å². The Balaban J connectivity index is 2.45. The first-order valence-corrected chi connectivity index (χ1v) is 27.6. The molecule has 2 aromatic carbocycles. The van der Waals surface area contributed by atoms with Gasteiger partial charge in [-0.3, -0.25) is 62.7 Å². The molecule has 8 atom stereocenters. The lowest BCUT2D eigenvalue weighted by atomic mass is 10.0. The molecule has 32 nitrogen and oxygen atoms in total. The lowest BCUT2D eigenvalue weighted by Crippen LogP contribution is -2.62. The minimum atomic E-state index is -4.48. The average molecular weight is 1190 g/mol. The molecule has 0 radical (unpaired) electrons. The molecule has 0 aliphatic rings. The van der Waals surface area contributed by atoms with Crippen LogP contribution in [-0.4, -0.2) is 175 Å². The van der Waals surface area contributed by atoms with E-state index in [1.54, 1.807) is 52.0 Å². The maximum atomic E-state index is 14.2. The number of nitrogens with zero attached hydrogens (tertiary/aromatic N) is 2. The summed E-state index contributed by atoms with van der Waals surface area (Å²) in [6.45, 7) is 5.73. The topological polar surface area (TPSA) is 546 Å². The normalized spacial score (nSPS) is 14.1. The molecule has 0 aromatic heterocycles. The number of guanidine groups is 2. The molecule has 0 aliphatic carbocycles. The third-order valence-electron chi connectivity index (χ3n) is 11.9. The smallest absolute Gasteiger partial charge is 0.305 e. The zero-order valence-electron chi connectivity index (χ0n) is 46.6. The van der Waals surface area contributed by atoms with Crippen LogP contribution in [0.1, 0.15) is 86.0 Å². The largest absolute Gasteiger partial charge is 0.481 e. The fourth-order valence-electron chi connectivity index (χ4n) is 7.90. The van der Waals surface area contributed by atoms with E-state index in [0.29, 0.717) is 10.8 Å². The number of carboxylic acids is 2. The van der Waals surface area contributed by atoms with Crippen molar-refractivity contribution in [3.05, 3.63) is 42.5 Å². The lowest BCUT2D eigenvalue weighted by molar-refractivity contribution is -0.142. The van der Waals surface area contributed by atoms with E-state index < -0.39 is 155 Å². The highest BCUT2D eigenvalue weighted by molar-refractivity contribution is 7.89. The summed E-state index contributed by atoms with van der Waals surface area (Å²) in [7, 11) is -4.48. The van der Waals surface area contributed by atoms with Crippen molar-refractivity contribution in [2.24, 2.45) is 50.5 Å². The number of nitrogens with one attached hydrogen (secondary N) is 9. The molecule has 0 saturated carbocycles. The van der Waals surface area contributed by atoms with Crippen LogP contribution in [0.15, 0.2) is 57.3 Å². The van der Waals surface area contributed by atoms with Crippen molar-refractivity contribution in [1.82, 2.24) is 47.3 Å². The molecule has 9 amide bonds. The number of hydrogen-bond donors (Lipinski definition) is 17. The SMILES string of the molecule is CC(=O)N[C@@H](CCCN=C(N)N)C(=O)NC(CNS(=O)(=O)c1ccc2ccccc2c1)C(=O)N[C@@H](CC(=O)O)C(=O)N[C@@H](CC(C)C)C(=O)N[C@@H](CC(=O)O)C(=O)N[C@@H](CO)C(=O)N[C@@H](CC(C)C)C(=O)N[C@@H](CCCN=C(N)N)C(N)=O. The molecule has 2 rings (SSSR count). The van der Waals surface area contributed by atoms with Crippen LogP contribution in [0.5, 0.6) is 0 Å². The van der Waals surface area contributed by atoms with Crippen molar-refractivity contribution in [3.63, 3.8) is 0 Å². The predicted molar refractivity (Wildman–Crippen MR) is 300 cm³/mol. The van der Waals surface area contributed by atoms with Gasteiger partial charge in [0.15, 0.2) is 11.9 Å². The molecule has 0 fully saturated rings. The monoisotopic (exact) mass is 1190 g/mol. The van der Waals surface area contributed by atoms with Crippen LogP contribution in [0.4, 0.5) is 0 Å². The second-order valence-electron chi connectivity index (χ2n) is 20.0. The fourth-order valence-corrected chi connectivity index (χ4v) is 8.98. The molecule has 83 heavy (non-hydrogen) atoms. The molecule has 0 spiro atoms. The van der Waals surface area contributed by atoms with Crippen molar-refractivity contribution >= 4 is 97.8 Å². The van der Waals surface area contributed by atoms with E-state index in [1.807, 2.05) is 0 Å². The Morgan fingerprint density at radius 1 is 0.506 bits per heavy atom. The zero-order chi connectivity index (χ0) is 62.7. The minimum absolute atomic E-state index is 0.00580. The third-order valence-corrected chi connectivity index (χ3v) is 13.3. The van der Waals surface area contributed by atoms with E-state index in [1.165, 1.54) is 18.2 Å². The summed E-state index contributed by atoms with van der Waals surface area (Å²) in [5, 5.41) is 49.5. The summed E-state index contributed by atoms with van der Waals surface area (Å²) in [6, 6.07) is -2.72. The molecule has 33 heteroatoms. The molecule has 460 valence electrons. The number of nitrogens with two attached hydrogens (primary N) is 5. The number of aliphatic hydroxyl groups is 1. The number of carboxylic acid groups (broad SMARTS) is 2. The number of benzene rings is 2. The van der Waals surface area contributed by atoms with Crippen LogP contribution >= 0.6 is 0 Å². The summed E-state index contributed by atoms with van der Waals surface area (Å²) in [4.78, 5) is 153. The quantitative estimate of drug-likeness (QED) is 0.0171. The van der Waals surface area contributed by atoms with Crippen LogP contribution in [0.2, 0.25) is 0 Å². The van der Waals surface area contributed by atoms with Gasteiger partial charge in [-0.2, -0.15) is 0 Å². The van der Waals surface area contributed by atoms with Crippen LogP contribution < -0.4 is 75.9 Å². The standard InChI is InChI=1S/C50H78N16O16S/c1-25(2)18-33(43(75)60-31(41(51)73)12-8-16-56-49(52)53)62-48(80)38(24-67)66-46(78)36(22-40(71)72)63-44(76)34(19-26(3)4)61-45(77)35(21-39(69)70)64-47(79)37(65-42(74)32(59-27(5)68)13-9-17-57-50(54)55)23-58-83(81,82)30-15-14-28-10-6-7-11-29(28)20-30/h6-7,10-11,14-15,20,25-26,31-38,58,67H,8-9,12-13,16-19,21-24H2,1-5H3,(H2,51,73)(H,59,68)(H,60,75)(H,61,77)(H,62,80)(H,63,76)(H,64,79)(H,65,74)(H,66,78)(H,69,70)(H,71,72)(H4,52,53,56)(H4,54,55,57)/t31-,32-,33-,34-,35-,36-,37?,38-/m0/s1. The molecule has 0 heterocycles. The van der Waals surface area contributed by atoms with E-state index in [2.05, 4.69) is 57.2 Å². The van der Waals surface area contributed by atoms with Crippen LogP contribution in [0.3, 0.4) is 0 Å². The minimum Gasteiger partial charge on any atom is -0.481 e. The molecule has 2 aromatic rings. The Hall–Kier alpha value is -8.72.